The lowest BCUT2D eigenvalue weighted by Crippen LogP contribution is -2.58. The van der Waals surface area contributed by atoms with E-state index in [1.54, 1.807) is 6.20 Å². The third kappa shape index (κ3) is 23.7. The summed E-state index contributed by atoms with van der Waals surface area (Å²) in [7, 11) is 0. The Kier molecular flexibility index (Phi) is 26.1. The number of aromatic amines is 1. The molecule has 0 bridgehead atoms. The van der Waals surface area contributed by atoms with Crippen molar-refractivity contribution in [1.29, 1.82) is 5.41 Å². The number of carboxylic acids is 5. The van der Waals surface area contributed by atoms with Crippen LogP contribution in [0.15, 0.2) is 67.3 Å². The van der Waals surface area contributed by atoms with E-state index in [9.17, 15) is 73.2 Å². The van der Waals surface area contributed by atoms with Gasteiger partial charge in [-0.3, -0.25) is 58.1 Å². The number of para-hydroxylation sites is 1. The van der Waals surface area contributed by atoms with Crippen molar-refractivity contribution in [1.82, 2.24) is 47.5 Å². The summed E-state index contributed by atoms with van der Waals surface area (Å²) in [5.41, 5.74) is 23.7. The maximum atomic E-state index is 14.1. The van der Waals surface area contributed by atoms with Crippen LogP contribution in [-0.2, 0) is 59.2 Å². The number of amides is 6. The molecule has 2 aromatic rings. The van der Waals surface area contributed by atoms with Crippen LogP contribution in [0, 0.1) is 5.41 Å². The van der Waals surface area contributed by atoms with Gasteiger partial charge in [0.05, 0.1) is 43.4 Å². The summed E-state index contributed by atoms with van der Waals surface area (Å²) < 4.78 is 0. The molecule has 422 valence electrons. The molecule has 6 amide bonds. The molecule has 77 heavy (non-hydrogen) atoms. The van der Waals surface area contributed by atoms with Gasteiger partial charge in [0, 0.05) is 66.4 Å². The van der Waals surface area contributed by atoms with E-state index in [4.69, 9.17) is 33.5 Å². The number of benzene rings is 1. The van der Waals surface area contributed by atoms with Gasteiger partial charge in [-0.15, -0.1) is 0 Å². The van der Waals surface area contributed by atoms with Crippen LogP contribution in [0.2, 0.25) is 0 Å². The van der Waals surface area contributed by atoms with Crippen molar-refractivity contribution < 1.29 is 78.3 Å². The molecule has 8 atom stereocenters. The topological polar surface area (TPSA) is 529 Å². The number of nitrogens with one attached hydrogen (secondary N) is 10. The van der Waals surface area contributed by atoms with Crippen molar-refractivity contribution in [2.45, 2.75) is 125 Å². The average molecular weight is 1090 g/mol. The van der Waals surface area contributed by atoms with Gasteiger partial charge in [0.1, 0.15) is 24.2 Å². The predicted octanol–water partition coefficient (Wildman–Crippen LogP) is -3.44. The van der Waals surface area contributed by atoms with E-state index in [1.165, 1.54) is 0 Å². The Balaban J connectivity index is 2.45. The molecule has 0 aliphatic heterocycles. The van der Waals surface area contributed by atoms with E-state index in [1.807, 2.05) is 24.3 Å². The molecule has 0 aliphatic carbocycles. The fourth-order valence-electron chi connectivity index (χ4n) is 7.40. The van der Waals surface area contributed by atoms with Crippen LogP contribution < -0.4 is 65.5 Å². The second-order valence-electron chi connectivity index (χ2n) is 17.6. The first-order valence-electron chi connectivity index (χ1n) is 23.7. The molecule has 2 rings (SSSR count). The van der Waals surface area contributed by atoms with Gasteiger partial charge in [-0.05, 0) is 43.7 Å². The van der Waals surface area contributed by atoms with Crippen molar-refractivity contribution >= 4 is 82.2 Å². The second kappa shape index (κ2) is 31.5. The van der Waals surface area contributed by atoms with E-state index >= 15 is 0 Å². The summed E-state index contributed by atoms with van der Waals surface area (Å²) in [6, 6.07) is -4.78. The molecular formula is C47H68N14O16. The minimum atomic E-state index is -1.93. The van der Waals surface area contributed by atoms with Crippen molar-refractivity contribution in [3.8, 4) is 0 Å². The van der Waals surface area contributed by atoms with Crippen LogP contribution >= 0.6 is 0 Å². The van der Waals surface area contributed by atoms with Crippen LogP contribution in [0.1, 0.15) is 76.2 Å². The Hall–Kier alpha value is -9.22. The van der Waals surface area contributed by atoms with Gasteiger partial charge in [-0.25, -0.2) is 0 Å². The van der Waals surface area contributed by atoms with Crippen molar-refractivity contribution in [3.05, 3.63) is 72.9 Å². The molecule has 23 N–H and O–H groups in total. The van der Waals surface area contributed by atoms with Crippen molar-refractivity contribution in [2.75, 3.05) is 6.54 Å². The highest BCUT2D eigenvalue weighted by atomic mass is 16.4. The molecule has 30 heteroatoms. The van der Waals surface area contributed by atoms with Gasteiger partial charge in [0.25, 0.3) is 0 Å². The monoisotopic (exact) mass is 1080 g/mol. The molecule has 0 saturated carbocycles. The van der Waals surface area contributed by atoms with E-state index in [0.29, 0.717) is 0 Å². The Labute approximate surface area is 440 Å². The Morgan fingerprint density at radius 3 is 1.47 bits per heavy atom. The zero-order chi connectivity index (χ0) is 58.1. The minimum absolute atomic E-state index is 0.00177. The third-order valence-electron chi connectivity index (χ3n) is 11.4. The summed E-state index contributed by atoms with van der Waals surface area (Å²) >= 11 is 0. The van der Waals surface area contributed by atoms with Gasteiger partial charge in [-0.1, -0.05) is 37.9 Å². The van der Waals surface area contributed by atoms with Crippen LogP contribution in [0.5, 0.6) is 0 Å². The Bertz CT molecular complexity index is 2550. The molecular weight excluding hydrogens is 1020 g/mol. The summed E-state index contributed by atoms with van der Waals surface area (Å²) in [6.07, 6.45) is -4.08. The number of carbonyl (C=O) groups is 11. The first-order valence-corrected chi connectivity index (χ1v) is 23.7. The molecule has 0 aliphatic rings. The zero-order valence-corrected chi connectivity index (χ0v) is 41.9. The summed E-state index contributed by atoms with van der Waals surface area (Å²) in [5, 5.41) is 75.7. The summed E-state index contributed by atoms with van der Waals surface area (Å²) in [4.78, 5) is 142. The lowest BCUT2D eigenvalue weighted by Gasteiger charge is -2.30. The number of guanidine groups is 1. The number of aliphatic carboxylic acids is 5. The highest BCUT2D eigenvalue weighted by molar-refractivity contribution is 5.97. The lowest BCUT2D eigenvalue weighted by atomic mass is 10.0. The number of rotatable bonds is 38. The number of nitrogens with two attached hydrogens (primary N) is 4. The number of aromatic nitrogens is 1. The van der Waals surface area contributed by atoms with E-state index in [2.05, 4.69) is 67.3 Å². The normalized spacial score (nSPS) is 13.9. The van der Waals surface area contributed by atoms with Crippen molar-refractivity contribution in [2.24, 2.45) is 22.9 Å². The number of H-pyrrole nitrogens is 1. The molecule has 1 aromatic heterocycles. The Morgan fingerprint density at radius 2 is 0.961 bits per heavy atom. The fraction of sp³-hybridized carbons (Fsp3) is 0.447. The summed E-state index contributed by atoms with van der Waals surface area (Å²) in [6.45, 7) is 11.5. The molecule has 0 radical (unpaired) electrons. The minimum Gasteiger partial charge on any atom is -0.481 e. The standard InChI is InChI=1S/C47H68N14O16/c1-22(48)32(17-25-21-54-30-8-5-4-7-26(25)30)59-43(74)31(12-15-39(67)68)55-24(3)29(11-14-38(65)66)58-45(76)34(19-40(69)70)56-23(2)28(9-6-16-53-47(51)52)57-44(75)33(18-36(50)62)61-46(77)35(20-41(71)72)60-42(73)27(49)10-13-37(63)64/h4-5,7-8,21,27-29,31-35,54-56H,1-3,6,9-20,48-49H2,(H2,50,62)(H,57,75)(H,58,76)(H,59,74)(H,60,73)(H,61,77)(H,63,64)(H,65,66)(H,67,68)(H,69,70)(H,71,72)(H4,51,52,53)/t27-,28?,29?,31-,32?,33-,34-,35?/m1/s1. The predicted molar refractivity (Wildman–Crippen MR) is 273 cm³/mol. The average Bonchev–Trinajstić information content (AvgIpc) is 3.74. The van der Waals surface area contributed by atoms with E-state index in [-0.39, 0.29) is 49.3 Å². The first-order chi connectivity index (χ1) is 36.1. The Morgan fingerprint density at radius 1 is 0.532 bits per heavy atom. The molecule has 1 heterocycles. The number of hydrogen-bond acceptors (Lipinski definition) is 16. The van der Waals surface area contributed by atoms with E-state index in [0.717, 1.165) is 16.5 Å². The molecule has 0 fully saturated rings. The number of carboxylic acid groups (broad SMARTS) is 5. The number of hydrogen-bond donors (Lipinski definition) is 19. The van der Waals surface area contributed by atoms with Gasteiger partial charge >= 0.3 is 29.8 Å². The summed E-state index contributed by atoms with van der Waals surface area (Å²) in [5.74, 6) is -14.2. The fourth-order valence-corrected chi connectivity index (χ4v) is 7.40. The van der Waals surface area contributed by atoms with Crippen LogP contribution in [-0.4, -0.2) is 157 Å². The maximum absolute atomic E-state index is 14.1. The quantitative estimate of drug-likeness (QED) is 0.0177. The molecule has 4 unspecified atom stereocenters. The second-order valence-corrected chi connectivity index (χ2v) is 17.6. The molecule has 30 nitrogen and oxygen atoms in total. The SMILES string of the molecule is C=C(N)C(Cc1c[nH]c2ccccc12)NC(=O)[C@@H](CCC(=O)O)NC(=C)C(CCC(=O)O)NC(=O)[C@@H](CC(=O)O)NC(=C)C(CCCNC(=N)N)NC(=O)[C@@H](CC(N)=O)NC(=O)C(CC(=O)O)NC(=O)[C@H](N)CCC(=O)O. The number of primary amides is 1. The van der Waals surface area contributed by atoms with Gasteiger partial charge < -0.3 is 96.0 Å². The number of fused-ring (bicyclic) bond motifs is 1. The first kappa shape index (κ1) is 63.9. The zero-order valence-electron chi connectivity index (χ0n) is 41.9. The van der Waals surface area contributed by atoms with Gasteiger partial charge in [0.15, 0.2) is 5.96 Å². The highest BCUT2D eigenvalue weighted by Crippen LogP contribution is 2.21. The van der Waals surface area contributed by atoms with Crippen LogP contribution in [0.4, 0.5) is 0 Å². The smallest absolute Gasteiger partial charge is 0.305 e. The van der Waals surface area contributed by atoms with E-state index < -0.39 is 171 Å². The largest absolute Gasteiger partial charge is 0.481 e. The maximum Gasteiger partial charge on any atom is 0.305 e. The molecule has 0 saturated heterocycles. The van der Waals surface area contributed by atoms with Crippen molar-refractivity contribution in [3.63, 3.8) is 0 Å². The molecule has 0 spiro atoms. The van der Waals surface area contributed by atoms with Crippen LogP contribution in [0.3, 0.4) is 0 Å². The third-order valence-corrected chi connectivity index (χ3v) is 11.4. The lowest BCUT2D eigenvalue weighted by molar-refractivity contribution is -0.141. The molecule has 1 aromatic carbocycles. The highest BCUT2D eigenvalue weighted by Gasteiger charge is 2.34. The number of carbonyl (C=O) groups excluding carboxylic acids is 6. The van der Waals surface area contributed by atoms with Gasteiger partial charge in [0.2, 0.25) is 35.4 Å². The van der Waals surface area contributed by atoms with Gasteiger partial charge in [-0.2, -0.15) is 0 Å². The van der Waals surface area contributed by atoms with Crippen LogP contribution in [0.25, 0.3) is 10.9 Å².